The molecule has 0 spiro atoms. The van der Waals surface area contributed by atoms with Gasteiger partial charge in [-0.05, 0) is 106 Å². The van der Waals surface area contributed by atoms with Crippen LogP contribution in [0.15, 0.2) is 24.7 Å². The Bertz CT molecular complexity index is 996. The maximum absolute atomic E-state index is 13.5. The molecule has 5 nitrogen and oxygen atoms in total. The molecule has 2 aromatic heterocycles. The standard InChI is InChI=1S/C27H37N3O2/c1-26(32)10-7-19-17(13-26)3-4-21-20(19)8-11-27(2)22(21)5-6-23(27)25(31)16-30-15-18-14-28-12-9-24(18)29-30/h9,12,14-15,17,19-23,32H,3-8,10-11,13,16H2,1-2H3/t17-,19+,20-,21+,22+,23-,26-,27+/m1/s1. The fraction of sp³-hybridized carbons (Fsp3) is 0.741. The Labute approximate surface area is 191 Å². The second-order valence-corrected chi connectivity index (χ2v) is 12.1. The van der Waals surface area contributed by atoms with E-state index in [1.165, 1.54) is 38.5 Å². The Morgan fingerprint density at radius 3 is 2.78 bits per heavy atom. The number of nitrogens with zero attached hydrogens (tertiary/aromatic N) is 3. The third-order valence-corrected chi connectivity index (χ3v) is 10.3. The van der Waals surface area contributed by atoms with Crippen LogP contribution >= 0.6 is 0 Å². The summed E-state index contributed by atoms with van der Waals surface area (Å²) < 4.78 is 1.83. The van der Waals surface area contributed by atoms with Gasteiger partial charge in [0.2, 0.25) is 0 Å². The van der Waals surface area contributed by atoms with Crippen molar-refractivity contribution < 1.29 is 9.90 Å². The van der Waals surface area contributed by atoms with Gasteiger partial charge in [0.05, 0.1) is 17.7 Å². The topological polar surface area (TPSA) is 68.0 Å². The van der Waals surface area contributed by atoms with E-state index in [1.54, 1.807) is 6.20 Å². The average Bonchev–Trinajstić information content (AvgIpc) is 3.32. The molecule has 4 fully saturated rings. The van der Waals surface area contributed by atoms with Crippen molar-refractivity contribution in [2.75, 3.05) is 0 Å². The SMILES string of the molecule is C[C@@]1(O)CC[C@H]2[C@H](CC[C@H]3[C@@H]2CC[C@]2(C)[C@@H](C(=O)Cn4cc5cnccc5n4)CC[C@@H]32)C1. The summed E-state index contributed by atoms with van der Waals surface area (Å²) in [5, 5.41) is 16.2. The van der Waals surface area contributed by atoms with Crippen molar-refractivity contribution in [2.45, 2.75) is 83.8 Å². The number of rotatable bonds is 3. The number of carbonyl (C=O) groups is 1. The Morgan fingerprint density at radius 1 is 1.09 bits per heavy atom. The van der Waals surface area contributed by atoms with E-state index >= 15 is 0 Å². The summed E-state index contributed by atoms with van der Waals surface area (Å²) in [6.07, 6.45) is 16.0. The van der Waals surface area contributed by atoms with E-state index in [1.807, 2.05) is 30.1 Å². The number of hydrogen-bond donors (Lipinski definition) is 1. The van der Waals surface area contributed by atoms with Crippen LogP contribution in [0, 0.1) is 40.9 Å². The van der Waals surface area contributed by atoms with E-state index in [-0.39, 0.29) is 11.3 Å². The monoisotopic (exact) mass is 435 g/mol. The third-order valence-electron chi connectivity index (χ3n) is 10.3. The molecule has 0 bridgehead atoms. The van der Waals surface area contributed by atoms with Crippen molar-refractivity contribution >= 4 is 16.7 Å². The molecule has 0 unspecified atom stereocenters. The third kappa shape index (κ3) is 3.26. The summed E-state index contributed by atoms with van der Waals surface area (Å²) in [5.41, 5.74) is 0.612. The van der Waals surface area contributed by atoms with Crippen LogP contribution in [0.2, 0.25) is 0 Å². The number of pyridine rings is 1. The second-order valence-electron chi connectivity index (χ2n) is 12.1. The number of Topliss-reactive ketones (excluding diaryl/α,β-unsaturated/α-hetero) is 1. The average molecular weight is 436 g/mol. The zero-order valence-corrected chi connectivity index (χ0v) is 19.5. The van der Waals surface area contributed by atoms with Crippen LogP contribution in [0.3, 0.4) is 0 Å². The lowest BCUT2D eigenvalue weighted by molar-refractivity contribution is -0.133. The van der Waals surface area contributed by atoms with Crippen LogP contribution < -0.4 is 0 Å². The quantitative estimate of drug-likeness (QED) is 0.735. The Balaban J connectivity index is 1.18. The van der Waals surface area contributed by atoms with Crippen LogP contribution in [0.25, 0.3) is 10.9 Å². The van der Waals surface area contributed by atoms with Crippen molar-refractivity contribution in [3.63, 3.8) is 0 Å². The lowest BCUT2D eigenvalue weighted by atomic mass is 9.49. The zero-order chi connectivity index (χ0) is 22.1. The van der Waals surface area contributed by atoms with Crippen LogP contribution in [-0.4, -0.2) is 31.3 Å². The van der Waals surface area contributed by atoms with Crippen molar-refractivity contribution in [1.29, 1.82) is 0 Å². The molecule has 6 rings (SSSR count). The number of ketones is 1. The van der Waals surface area contributed by atoms with E-state index in [4.69, 9.17) is 0 Å². The summed E-state index contributed by atoms with van der Waals surface area (Å²) in [7, 11) is 0. The molecule has 172 valence electrons. The first-order valence-corrected chi connectivity index (χ1v) is 12.9. The predicted molar refractivity (Wildman–Crippen MR) is 124 cm³/mol. The molecule has 4 aliphatic rings. The molecule has 32 heavy (non-hydrogen) atoms. The van der Waals surface area contributed by atoms with Gasteiger partial charge in [-0.15, -0.1) is 0 Å². The lowest BCUT2D eigenvalue weighted by Crippen LogP contribution is -2.51. The van der Waals surface area contributed by atoms with Gasteiger partial charge >= 0.3 is 0 Å². The number of fused-ring (bicyclic) bond motifs is 6. The van der Waals surface area contributed by atoms with Crippen molar-refractivity contribution in [2.24, 2.45) is 40.9 Å². The van der Waals surface area contributed by atoms with Gasteiger partial charge in [0.1, 0.15) is 0 Å². The first-order valence-electron chi connectivity index (χ1n) is 12.9. The van der Waals surface area contributed by atoms with Gasteiger partial charge in [-0.2, -0.15) is 5.10 Å². The Hall–Kier alpha value is -1.75. The minimum Gasteiger partial charge on any atom is -0.390 e. The van der Waals surface area contributed by atoms with E-state index < -0.39 is 5.60 Å². The molecule has 0 radical (unpaired) electrons. The fourth-order valence-corrected chi connectivity index (χ4v) is 8.88. The molecule has 2 heterocycles. The maximum atomic E-state index is 13.5. The summed E-state index contributed by atoms with van der Waals surface area (Å²) in [6, 6.07) is 1.91. The van der Waals surface area contributed by atoms with Crippen LogP contribution in [-0.2, 0) is 11.3 Å². The van der Waals surface area contributed by atoms with Crippen molar-refractivity contribution in [3.8, 4) is 0 Å². The van der Waals surface area contributed by atoms with Gasteiger partial charge in [-0.1, -0.05) is 6.92 Å². The number of carbonyl (C=O) groups excluding carboxylic acids is 1. The zero-order valence-electron chi connectivity index (χ0n) is 19.5. The largest absolute Gasteiger partial charge is 0.390 e. The highest BCUT2D eigenvalue weighted by molar-refractivity contribution is 5.83. The van der Waals surface area contributed by atoms with Gasteiger partial charge in [0.15, 0.2) is 5.78 Å². The van der Waals surface area contributed by atoms with Crippen molar-refractivity contribution in [3.05, 3.63) is 24.7 Å². The first-order chi connectivity index (χ1) is 15.3. The van der Waals surface area contributed by atoms with Crippen LogP contribution in [0.5, 0.6) is 0 Å². The molecule has 0 aromatic carbocycles. The molecule has 0 aliphatic heterocycles. The summed E-state index contributed by atoms with van der Waals surface area (Å²) >= 11 is 0. The van der Waals surface area contributed by atoms with E-state index in [2.05, 4.69) is 17.0 Å². The number of aliphatic hydroxyl groups is 1. The summed E-state index contributed by atoms with van der Waals surface area (Å²) in [6.45, 7) is 4.86. The molecule has 5 heteroatoms. The number of hydrogen-bond acceptors (Lipinski definition) is 4. The molecule has 8 atom stereocenters. The second kappa shape index (κ2) is 7.38. The van der Waals surface area contributed by atoms with Gasteiger partial charge in [0.25, 0.3) is 0 Å². The normalized spacial score (nSPS) is 43.5. The first kappa shape index (κ1) is 20.8. The molecular weight excluding hydrogens is 398 g/mol. The minimum absolute atomic E-state index is 0.152. The van der Waals surface area contributed by atoms with E-state index in [0.717, 1.165) is 47.9 Å². The molecule has 4 saturated carbocycles. The highest BCUT2D eigenvalue weighted by Gasteiger charge is 2.58. The maximum Gasteiger partial charge on any atom is 0.157 e. The van der Waals surface area contributed by atoms with Crippen molar-refractivity contribution in [1.82, 2.24) is 14.8 Å². The van der Waals surface area contributed by atoms with Gasteiger partial charge < -0.3 is 5.11 Å². The Kier molecular flexibility index (Phi) is 4.80. The van der Waals surface area contributed by atoms with E-state index in [9.17, 15) is 9.90 Å². The van der Waals surface area contributed by atoms with Crippen LogP contribution in [0.4, 0.5) is 0 Å². The summed E-state index contributed by atoms with van der Waals surface area (Å²) in [4.78, 5) is 17.7. The molecule has 1 N–H and O–H groups in total. The molecule has 2 aromatic rings. The smallest absolute Gasteiger partial charge is 0.157 e. The molecular formula is C27H37N3O2. The van der Waals surface area contributed by atoms with Gasteiger partial charge in [0, 0.05) is 29.9 Å². The van der Waals surface area contributed by atoms with Gasteiger partial charge in [-0.25, -0.2) is 0 Å². The lowest BCUT2D eigenvalue weighted by Gasteiger charge is -2.56. The Morgan fingerprint density at radius 2 is 1.94 bits per heavy atom. The highest BCUT2D eigenvalue weighted by atomic mass is 16.3. The van der Waals surface area contributed by atoms with Gasteiger partial charge in [-0.3, -0.25) is 14.5 Å². The number of aromatic nitrogens is 3. The summed E-state index contributed by atoms with van der Waals surface area (Å²) in [5.74, 6) is 4.36. The highest BCUT2D eigenvalue weighted by Crippen LogP contribution is 2.64. The van der Waals surface area contributed by atoms with E-state index in [0.29, 0.717) is 24.2 Å². The molecule has 4 aliphatic carbocycles. The van der Waals surface area contributed by atoms with Crippen LogP contribution in [0.1, 0.15) is 71.6 Å². The molecule has 0 amide bonds. The fourth-order valence-electron chi connectivity index (χ4n) is 8.88. The molecule has 0 saturated heterocycles. The minimum atomic E-state index is -0.449. The predicted octanol–water partition coefficient (Wildman–Crippen LogP) is 5.02.